The zero-order valence-corrected chi connectivity index (χ0v) is 16.4. The number of methoxy groups -OCH3 is 1. The Morgan fingerprint density at radius 3 is 2.68 bits per heavy atom. The number of hydrogen-bond acceptors (Lipinski definition) is 4. The van der Waals surface area contributed by atoms with Crippen LogP contribution in [0.15, 0.2) is 42.5 Å². The molecule has 0 aliphatic carbocycles. The summed E-state index contributed by atoms with van der Waals surface area (Å²) in [6.45, 7) is 4.24. The maximum absolute atomic E-state index is 13.3. The number of ether oxygens (including phenoxy) is 2. The highest BCUT2D eigenvalue weighted by Gasteiger charge is 2.39. The fraction of sp³-hybridized carbons (Fsp3) is 0.409. The van der Waals surface area contributed by atoms with Crippen molar-refractivity contribution in [3.63, 3.8) is 0 Å². The number of carbonyl (C=O) groups excluding carboxylic acids is 1. The number of anilines is 1. The molecule has 3 rings (SSSR count). The van der Waals surface area contributed by atoms with E-state index < -0.39 is 5.41 Å². The van der Waals surface area contributed by atoms with Gasteiger partial charge in [-0.1, -0.05) is 12.1 Å². The minimum absolute atomic E-state index is 0.00706. The fourth-order valence-corrected chi connectivity index (χ4v) is 3.53. The average molecular weight is 386 g/mol. The summed E-state index contributed by atoms with van der Waals surface area (Å²) in [6.07, 6.45) is 1.50. The van der Waals surface area contributed by atoms with Gasteiger partial charge in [-0.2, -0.15) is 0 Å². The van der Waals surface area contributed by atoms with Gasteiger partial charge in [-0.25, -0.2) is 4.39 Å². The smallest absolute Gasteiger partial charge is 0.233 e. The summed E-state index contributed by atoms with van der Waals surface area (Å²) in [5, 5.41) is 6.35. The first-order valence-corrected chi connectivity index (χ1v) is 9.51. The summed E-state index contributed by atoms with van der Waals surface area (Å²) in [5.74, 6) is 0.388. The molecule has 2 aromatic rings. The summed E-state index contributed by atoms with van der Waals surface area (Å²) < 4.78 is 24.4. The van der Waals surface area contributed by atoms with Gasteiger partial charge >= 0.3 is 0 Å². The molecular weight excluding hydrogens is 359 g/mol. The van der Waals surface area contributed by atoms with Crippen molar-refractivity contribution in [2.45, 2.75) is 26.4 Å². The quantitative estimate of drug-likeness (QED) is 0.762. The van der Waals surface area contributed by atoms with Crippen molar-refractivity contribution < 1.29 is 18.7 Å². The van der Waals surface area contributed by atoms with Crippen molar-refractivity contribution in [1.82, 2.24) is 5.32 Å². The number of rotatable bonds is 7. The molecule has 0 saturated carbocycles. The Bertz CT molecular complexity index is 814. The van der Waals surface area contributed by atoms with Gasteiger partial charge in [0.05, 0.1) is 12.0 Å². The molecule has 1 aliphatic rings. The van der Waals surface area contributed by atoms with Crippen LogP contribution in [0.2, 0.25) is 0 Å². The van der Waals surface area contributed by atoms with Crippen molar-refractivity contribution in [3.05, 3.63) is 59.4 Å². The Balaban J connectivity index is 1.65. The van der Waals surface area contributed by atoms with Gasteiger partial charge in [0.2, 0.25) is 5.91 Å². The van der Waals surface area contributed by atoms with Crippen LogP contribution in [0, 0.1) is 18.2 Å². The Kier molecular flexibility index (Phi) is 6.65. The number of amides is 1. The van der Waals surface area contributed by atoms with E-state index in [4.69, 9.17) is 9.47 Å². The lowest BCUT2D eigenvalue weighted by molar-refractivity contribution is -0.130. The van der Waals surface area contributed by atoms with Crippen LogP contribution in [0.3, 0.4) is 0 Å². The molecule has 1 fully saturated rings. The minimum atomic E-state index is -0.501. The van der Waals surface area contributed by atoms with Gasteiger partial charge in [-0.15, -0.1) is 0 Å². The summed E-state index contributed by atoms with van der Waals surface area (Å²) in [4.78, 5) is 13.0. The van der Waals surface area contributed by atoms with Crippen LogP contribution >= 0.6 is 0 Å². The molecule has 2 aromatic carbocycles. The Labute approximate surface area is 165 Å². The first kappa shape index (κ1) is 20.3. The molecule has 1 amide bonds. The average Bonchev–Trinajstić information content (AvgIpc) is 2.69. The number of nitrogens with one attached hydrogen (secondary N) is 2. The zero-order chi connectivity index (χ0) is 20.0. The van der Waals surface area contributed by atoms with Crippen LogP contribution in [0.5, 0.6) is 5.75 Å². The summed E-state index contributed by atoms with van der Waals surface area (Å²) in [5.41, 5.74) is 1.94. The second-order valence-electron chi connectivity index (χ2n) is 7.31. The summed E-state index contributed by atoms with van der Waals surface area (Å²) in [7, 11) is 1.63. The van der Waals surface area contributed by atoms with Crippen molar-refractivity contribution in [2.24, 2.45) is 5.41 Å². The van der Waals surface area contributed by atoms with Crippen LogP contribution < -0.4 is 15.4 Å². The number of hydrogen-bond donors (Lipinski definition) is 2. The van der Waals surface area contributed by atoms with Crippen LogP contribution in [-0.4, -0.2) is 32.7 Å². The van der Waals surface area contributed by atoms with Gasteiger partial charge in [0.15, 0.2) is 0 Å². The van der Waals surface area contributed by atoms with E-state index in [-0.39, 0.29) is 18.3 Å². The molecule has 5 nitrogen and oxygen atoms in total. The third kappa shape index (κ3) is 4.88. The maximum atomic E-state index is 13.3. The van der Waals surface area contributed by atoms with E-state index in [1.807, 2.05) is 31.2 Å². The van der Waals surface area contributed by atoms with Crippen molar-refractivity contribution in [1.29, 1.82) is 0 Å². The molecule has 0 unspecified atom stereocenters. The monoisotopic (exact) mass is 386 g/mol. The highest BCUT2D eigenvalue weighted by atomic mass is 19.1. The van der Waals surface area contributed by atoms with Crippen LogP contribution in [-0.2, 0) is 16.1 Å². The predicted octanol–water partition coefficient (Wildman–Crippen LogP) is 3.67. The lowest BCUT2D eigenvalue weighted by Gasteiger charge is -2.35. The normalized spacial score (nSPS) is 15.8. The molecule has 0 aromatic heterocycles. The van der Waals surface area contributed by atoms with E-state index in [9.17, 15) is 9.18 Å². The second-order valence-corrected chi connectivity index (χ2v) is 7.31. The van der Waals surface area contributed by atoms with Gasteiger partial charge in [-0.05, 0) is 74.3 Å². The highest BCUT2D eigenvalue weighted by molar-refractivity contribution is 5.96. The highest BCUT2D eigenvalue weighted by Crippen LogP contribution is 2.32. The van der Waals surface area contributed by atoms with E-state index in [0.717, 1.165) is 42.7 Å². The zero-order valence-electron chi connectivity index (χ0n) is 16.4. The number of piperidine rings is 1. The van der Waals surface area contributed by atoms with E-state index in [1.165, 1.54) is 12.1 Å². The van der Waals surface area contributed by atoms with Crippen LogP contribution in [0.25, 0.3) is 0 Å². The standard InChI is InChI=1S/C22H27FN2O3/c1-16-12-19(28-14-17-4-3-5-18(23)13-17)6-7-20(16)25-21(26)22(15-27-2)8-10-24-11-9-22/h3-7,12-13,24H,8-11,14-15H2,1-2H3,(H,25,26). The van der Waals surface area contributed by atoms with Gasteiger partial charge < -0.3 is 20.1 Å². The molecule has 0 atom stereocenters. The third-order valence-corrected chi connectivity index (χ3v) is 5.20. The van der Waals surface area contributed by atoms with Gasteiger partial charge in [0.1, 0.15) is 18.2 Å². The van der Waals surface area contributed by atoms with Gasteiger partial charge in [0.25, 0.3) is 0 Å². The molecule has 0 radical (unpaired) electrons. The first-order valence-electron chi connectivity index (χ1n) is 9.51. The molecule has 28 heavy (non-hydrogen) atoms. The number of benzene rings is 2. The molecular formula is C22H27FN2O3. The third-order valence-electron chi connectivity index (χ3n) is 5.20. The van der Waals surface area contributed by atoms with E-state index in [0.29, 0.717) is 12.4 Å². The Morgan fingerprint density at radius 1 is 1.21 bits per heavy atom. The molecule has 1 aliphatic heterocycles. The molecule has 150 valence electrons. The second kappa shape index (κ2) is 9.17. The maximum Gasteiger partial charge on any atom is 0.233 e. The predicted molar refractivity (Wildman–Crippen MR) is 107 cm³/mol. The number of aryl methyl sites for hydroxylation is 1. The topological polar surface area (TPSA) is 59.6 Å². The van der Waals surface area contributed by atoms with Gasteiger partial charge in [-0.3, -0.25) is 4.79 Å². The Morgan fingerprint density at radius 2 is 2.00 bits per heavy atom. The lowest BCUT2D eigenvalue weighted by atomic mass is 9.78. The van der Waals surface area contributed by atoms with Gasteiger partial charge in [0, 0.05) is 12.8 Å². The van der Waals surface area contributed by atoms with Crippen molar-refractivity contribution >= 4 is 11.6 Å². The minimum Gasteiger partial charge on any atom is -0.489 e. The SMILES string of the molecule is COCC1(C(=O)Nc2ccc(OCc3cccc(F)c3)cc2C)CCNCC1. The van der Waals surface area contributed by atoms with Crippen LogP contribution in [0.1, 0.15) is 24.0 Å². The molecule has 0 bridgehead atoms. The lowest BCUT2D eigenvalue weighted by Crippen LogP contribution is -2.47. The van der Waals surface area contributed by atoms with E-state index in [2.05, 4.69) is 10.6 Å². The first-order chi connectivity index (χ1) is 13.5. The fourth-order valence-electron chi connectivity index (χ4n) is 3.53. The van der Waals surface area contributed by atoms with E-state index in [1.54, 1.807) is 13.2 Å². The summed E-state index contributed by atoms with van der Waals surface area (Å²) in [6, 6.07) is 11.9. The molecule has 0 spiro atoms. The van der Waals surface area contributed by atoms with Crippen molar-refractivity contribution in [2.75, 3.05) is 32.1 Å². The largest absolute Gasteiger partial charge is 0.489 e. The molecule has 6 heteroatoms. The van der Waals surface area contributed by atoms with Crippen molar-refractivity contribution in [3.8, 4) is 5.75 Å². The van der Waals surface area contributed by atoms with Crippen LogP contribution in [0.4, 0.5) is 10.1 Å². The number of halogens is 1. The summed E-state index contributed by atoms with van der Waals surface area (Å²) >= 11 is 0. The molecule has 1 saturated heterocycles. The molecule has 2 N–H and O–H groups in total. The molecule has 1 heterocycles. The van der Waals surface area contributed by atoms with E-state index >= 15 is 0 Å². The Hall–Kier alpha value is -2.44. The number of carbonyl (C=O) groups is 1.